The Labute approximate surface area is 131 Å². The summed E-state index contributed by atoms with van der Waals surface area (Å²) in [7, 11) is 0. The molecular weight excluding hydrogens is 303 g/mol. The van der Waals surface area contributed by atoms with Crippen LogP contribution in [0.2, 0.25) is 0 Å². The van der Waals surface area contributed by atoms with E-state index in [9.17, 15) is 13.2 Å². The van der Waals surface area contributed by atoms with Crippen molar-refractivity contribution in [2.45, 2.75) is 6.36 Å². The average Bonchev–Trinajstić information content (AvgIpc) is 2.55. The van der Waals surface area contributed by atoms with E-state index in [0.29, 0.717) is 11.1 Å². The Hall–Kier alpha value is -2.82. The number of aromatic nitrogens is 1. The zero-order valence-electron chi connectivity index (χ0n) is 11.9. The molecule has 0 atom stereocenters. The molecule has 0 fully saturated rings. The lowest BCUT2D eigenvalue weighted by atomic mass is 10.0. The van der Waals surface area contributed by atoms with E-state index in [-0.39, 0.29) is 5.75 Å². The van der Waals surface area contributed by atoms with Gasteiger partial charge in [-0.25, -0.2) is 0 Å². The molecule has 5 heteroatoms. The summed E-state index contributed by atoms with van der Waals surface area (Å²) in [5.41, 5.74) is 2.59. The van der Waals surface area contributed by atoms with Crippen molar-refractivity contribution in [3.05, 3.63) is 72.9 Å². The highest BCUT2D eigenvalue weighted by atomic mass is 19.4. The van der Waals surface area contributed by atoms with Crippen molar-refractivity contribution in [1.82, 2.24) is 4.98 Å². The predicted molar refractivity (Wildman–Crippen MR) is 81.8 cm³/mol. The molecule has 0 amide bonds. The zero-order valence-corrected chi connectivity index (χ0v) is 11.9. The number of rotatable bonds is 3. The molecule has 116 valence electrons. The lowest BCUT2D eigenvalue weighted by molar-refractivity contribution is -0.274. The molecule has 0 saturated heterocycles. The number of benzene rings is 2. The second kappa shape index (κ2) is 6.12. The summed E-state index contributed by atoms with van der Waals surface area (Å²) in [5.74, 6) is -0.224. The van der Waals surface area contributed by atoms with E-state index in [0.717, 1.165) is 11.3 Å². The highest BCUT2D eigenvalue weighted by molar-refractivity contribution is 5.75. The molecule has 0 aliphatic carbocycles. The molecule has 0 aliphatic heterocycles. The Morgan fingerprint density at radius 3 is 2.26 bits per heavy atom. The number of nitrogens with zero attached hydrogens (tertiary/aromatic N) is 1. The van der Waals surface area contributed by atoms with Gasteiger partial charge in [0.2, 0.25) is 0 Å². The Morgan fingerprint density at radius 2 is 1.52 bits per heavy atom. The fourth-order valence-corrected chi connectivity index (χ4v) is 2.30. The van der Waals surface area contributed by atoms with Crippen LogP contribution in [0.25, 0.3) is 22.4 Å². The van der Waals surface area contributed by atoms with Crippen molar-refractivity contribution in [2.24, 2.45) is 0 Å². The number of alkyl halides is 3. The lowest BCUT2D eigenvalue weighted by Crippen LogP contribution is -2.17. The first-order valence-electron chi connectivity index (χ1n) is 6.89. The summed E-state index contributed by atoms with van der Waals surface area (Å²) in [6.07, 6.45) is -3.06. The first-order valence-corrected chi connectivity index (χ1v) is 6.89. The summed E-state index contributed by atoms with van der Waals surface area (Å²) >= 11 is 0. The molecule has 1 heterocycles. The van der Waals surface area contributed by atoms with Crippen LogP contribution < -0.4 is 4.74 Å². The Morgan fingerprint density at radius 1 is 0.783 bits per heavy atom. The average molecular weight is 315 g/mol. The second-order valence-corrected chi connectivity index (χ2v) is 4.84. The van der Waals surface area contributed by atoms with Gasteiger partial charge in [0.25, 0.3) is 0 Å². The first-order chi connectivity index (χ1) is 11.0. The van der Waals surface area contributed by atoms with E-state index in [4.69, 9.17) is 0 Å². The predicted octanol–water partition coefficient (Wildman–Crippen LogP) is 5.31. The van der Waals surface area contributed by atoms with E-state index < -0.39 is 6.36 Å². The summed E-state index contributed by atoms with van der Waals surface area (Å²) in [4.78, 5) is 4.25. The van der Waals surface area contributed by atoms with Gasteiger partial charge in [-0.05, 0) is 29.8 Å². The van der Waals surface area contributed by atoms with E-state index in [1.54, 1.807) is 42.6 Å². The first kappa shape index (κ1) is 15.1. The van der Waals surface area contributed by atoms with Crippen molar-refractivity contribution in [3.8, 4) is 28.1 Å². The maximum absolute atomic E-state index is 12.5. The van der Waals surface area contributed by atoms with Crippen LogP contribution in [0.3, 0.4) is 0 Å². The van der Waals surface area contributed by atoms with E-state index in [2.05, 4.69) is 9.72 Å². The van der Waals surface area contributed by atoms with Crippen LogP contribution in [0, 0.1) is 0 Å². The molecule has 23 heavy (non-hydrogen) atoms. The number of para-hydroxylation sites is 1. The summed E-state index contributed by atoms with van der Waals surface area (Å²) in [6, 6.07) is 18.8. The quantitative estimate of drug-likeness (QED) is 0.653. The number of ether oxygens (including phenoxy) is 1. The monoisotopic (exact) mass is 315 g/mol. The van der Waals surface area contributed by atoms with Crippen LogP contribution in [0.1, 0.15) is 0 Å². The number of hydrogen-bond acceptors (Lipinski definition) is 2. The third kappa shape index (κ3) is 3.69. The van der Waals surface area contributed by atoms with Crippen LogP contribution in [0.15, 0.2) is 72.9 Å². The van der Waals surface area contributed by atoms with Gasteiger partial charge in [-0.2, -0.15) is 0 Å². The van der Waals surface area contributed by atoms with Gasteiger partial charge in [-0.1, -0.05) is 42.5 Å². The molecule has 0 unspecified atom stereocenters. The SMILES string of the molecule is FC(F)(F)Oc1ccccc1-c1cccc(-c2ccccn2)c1. The molecule has 3 rings (SSSR count). The van der Waals surface area contributed by atoms with Gasteiger partial charge in [0.15, 0.2) is 0 Å². The minimum absolute atomic E-state index is 0.224. The molecule has 0 saturated carbocycles. The van der Waals surface area contributed by atoms with Gasteiger partial charge in [0.1, 0.15) is 5.75 Å². The van der Waals surface area contributed by atoms with Gasteiger partial charge < -0.3 is 4.74 Å². The maximum atomic E-state index is 12.5. The van der Waals surface area contributed by atoms with Gasteiger partial charge in [-0.3, -0.25) is 4.98 Å². The zero-order chi connectivity index (χ0) is 16.3. The van der Waals surface area contributed by atoms with E-state index in [1.807, 2.05) is 18.2 Å². The fraction of sp³-hybridized carbons (Fsp3) is 0.0556. The molecule has 1 aromatic heterocycles. The number of halogens is 3. The van der Waals surface area contributed by atoms with Crippen LogP contribution >= 0.6 is 0 Å². The topological polar surface area (TPSA) is 22.1 Å². The second-order valence-electron chi connectivity index (χ2n) is 4.84. The number of pyridine rings is 1. The molecule has 0 N–H and O–H groups in total. The third-order valence-corrected chi connectivity index (χ3v) is 3.25. The molecule has 3 aromatic rings. The fourth-order valence-electron chi connectivity index (χ4n) is 2.30. The summed E-state index contributed by atoms with van der Waals surface area (Å²) in [6.45, 7) is 0. The molecule has 0 radical (unpaired) electrons. The van der Waals surface area contributed by atoms with Crippen molar-refractivity contribution < 1.29 is 17.9 Å². The Balaban J connectivity index is 2.03. The van der Waals surface area contributed by atoms with Crippen LogP contribution in [-0.4, -0.2) is 11.3 Å². The summed E-state index contributed by atoms with van der Waals surface area (Å²) < 4.78 is 41.8. The molecule has 2 aromatic carbocycles. The van der Waals surface area contributed by atoms with Crippen LogP contribution in [-0.2, 0) is 0 Å². The molecule has 2 nitrogen and oxygen atoms in total. The van der Waals surface area contributed by atoms with E-state index >= 15 is 0 Å². The van der Waals surface area contributed by atoms with Gasteiger partial charge in [0, 0.05) is 17.3 Å². The maximum Gasteiger partial charge on any atom is 0.573 e. The van der Waals surface area contributed by atoms with Gasteiger partial charge >= 0.3 is 6.36 Å². The smallest absolute Gasteiger partial charge is 0.405 e. The Bertz CT molecular complexity index is 801. The summed E-state index contributed by atoms with van der Waals surface area (Å²) in [5, 5.41) is 0. The molecular formula is C18H12F3NO. The normalized spacial score (nSPS) is 11.3. The van der Waals surface area contributed by atoms with Crippen molar-refractivity contribution in [2.75, 3.05) is 0 Å². The van der Waals surface area contributed by atoms with Crippen molar-refractivity contribution >= 4 is 0 Å². The molecule has 0 aliphatic rings. The largest absolute Gasteiger partial charge is 0.573 e. The van der Waals surface area contributed by atoms with Crippen molar-refractivity contribution in [3.63, 3.8) is 0 Å². The minimum atomic E-state index is -4.73. The lowest BCUT2D eigenvalue weighted by Gasteiger charge is -2.13. The van der Waals surface area contributed by atoms with Crippen LogP contribution in [0.4, 0.5) is 13.2 Å². The van der Waals surface area contributed by atoms with Gasteiger partial charge in [0.05, 0.1) is 5.69 Å². The van der Waals surface area contributed by atoms with Gasteiger partial charge in [-0.15, -0.1) is 13.2 Å². The highest BCUT2D eigenvalue weighted by Gasteiger charge is 2.32. The van der Waals surface area contributed by atoms with E-state index in [1.165, 1.54) is 12.1 Å². The number of hydrogen-bond donors (Lipinski definition) is 0. The van der Waals surface area contributed by atoms with Crippen LogP contribution in [0.5, 0.6) is 5.75 Å². The Kier molecular flexibility index (Phi) is 4.02. The third-order valence-electron chi connectivity index (χ3n) is 3.25. The molecule has 0 bridgehead atoms. The highest BCUT2D eigenvalue weighted by Crippen LogP contribution is 2.35. The molecule has 0 spiro atoms. The minimum Gasteiger partial charge on any atom is -0.405 e. The van der Waals surface area contributed by atoms with Crippen molar-refractivity contribution in [1.29, 1.82) is 0 Å². The standard InChI is InChI=1S/C18H12F3NO/c19-18(20,21)23-17-10-2-1-8-15(17)13-6-5-7-14(12-13)16-9-3-4-11-22-16/h1-12H.